The van der Waals surface area contributed by atoms with Crippen molar-refractivity contribution in [1.82, 2.24) is 29.8 Å². The number of hydrogen-bond donors (Lipinski definition) is 1. The fourth-order valence-corrected chi connectivity index (χ4v) is 5.51. The predicted octanol–water partition coefficient (Wildman–Crippen LogP) is 5.53. The van der Waals surface area contributed by atoms with Crippen molar-refractivity contribution in [3.05, 3.63) is 134 Å². The number of rotatable bonds is 12. The minimum atomic E-state index is -0.608. The monoisotopic (exact) mass is 618 g/mol. The number of nitrogens with zero attached hydrogens (tertiary/aromatic N) is 5. The molecule has 3 aromatic carbocycles. The molecule has 11 heteroatoms. The van der Waals surface area contributed by atoms with Gasteiger partial charge in [0.25, 0.3) is 5.56 Å². The Morgan fingerprint density at radius 3 is 2.37 bits per heavy atom. The maximum absolute atomic E-state index is 14.0. The highest BCUT2D eigenvalue weighted by Crippen LogP contribution is 2.30. The number of benzene rings is 3. The number of hydrogen-bond acceptors (Lipinski definition) is 9. The van der Waals surface area contributed by atoms with Gasteiger partial charge < -0.3 is 9.26 Å². The zero-order chi connectivity index (χ0) is 32.0. The van der Waals surface area contributed by atoms with Gasteiger partial charge in [0.1, 0.15) is 11.6 Å². The van der Waals surface area contributed by atoms with E-state index in [1.807, 2.05) is 79.7 Å². The highest BCUT2D eigenvalue weighted by molar-refractivity contribution is 5.80. The Balaban J connectivity index is 1.27. The molecule has 0 aliphatic heterocycles. The molecule has 0 aliphatic carbocycles. The quantitative estimate of drug-likeness (QED) is 0.187. The van der Waals surface area contributed by atoms with E-state index in [-0.39, 0.29) is 12.0 Å². The number of H-pyrrole nitrogens is 1. The van der Waals surface area contributed by atoms with E-state index >= 15 is 0 Å². The Kier molecular flexibility index (Phi) is 9.00. The van der Waals surface area contributed by atoms with Crippen LogP contribution in [-0.4, -0.2) is 36.9 Å². The SMILES string of the molecule is CCCCc1nc(C)c(Cc2nc(Cc3ccccc3OC)no2)c(=O)n1Cc1ccc(-c2ccccc2-c2noc(=O)[nH]2)cc1. The topological polar surface area (TPSA) is 142 Å². The molecule has 3 heterocycles. The molecule has 11 nitrogen and oxygen atoms in total. The second-order valence-electron chi connectivity index (χ2n) is 11.0. The average Bonchev–Trinajstić information content (AvgIpc) is 3.72. The molecule has 0 saturated carbocycles. The molecule has 1 N–H and O–H groups in total. The third-order valence-corrected chi connectivity index (χ3v) is 7.91. The summed E-state index contributed by atoms with van der Waals surface area (Å²) in [7, 11) is 1.63. The van der Waals surface area contributed by atoms with Crippen LogP contribution in [0.4, 0.5) is 0 Å². The van der Waals surface area contributed by atoms with E-state index in [2.05, 4.69) is 27.2 Å². The average molecular weight is 619 g/mol. The summed E-state index contributed by atoms with van der Waals surface area (Å²) in [5, 5.41) is 8.01. The number of unbranched alkanes of at least 4 members (excludes halogenated alkanes) is 1. The molecular formula is C35H34N6O5. The Morgan fingerprint density at radius 2 is 1.63 bits per heavy atom. The third kappa shape index (κ3) is 6.58. The van der Waals surface area contributed by atoms with Crippen LogP contribution in [0, 0.1) is 6.92 Å². The molecule has 0 bridgehead atoms. The van der Waals surface area contributed by atoms with Crippen molar-refractivity contribution in [1.29, 1.82) is 0 Å². The van der Waals surface area contributed by atoms with Crippen LogP contribution in [0.2, 0.25) is 0 Å². The maximum Gasteiger partial charge on any atom is 0.439 e. The van der Waals surface area contributed by atoms with Gasteiger partial charge in [0.15, 0.2) is 11.6 Å². The fourth-order valence-electron chi connectivity index (χ4n) is 5.51. The van der Waals surface area contributed by atoms with E-state index in [4.69, 9.17) is 18.8 Å². The smallest absolute Gasteiger partial charge is 0.439 e. The molecule has 46 heavy (non-hydrogen) atoms. The normalized spacial score (nSPS) is 11.2. The van der Waals surface area contributed by atoms with Gasteiger partial charge in [-0.3, -0.25) is 18.9 Å². The summed E-state index contributed by atoms with van der Waals surface area (Å²) >= 11 is 0. The van der Waals surface area contributed by atoms with Gasteiger partial charge in [-0.05, 0) is 36.1 Å². The maximum atomic E-state index is 14.0. The molecule has 0 fully saturated rings. The first-order valence-corrected chi connectivity index (χ1v) is 15.2. The summed E-state index contributed by atoms with van der Waals surface area (Å²) in [6, 6.07) is 23.3. The van der Waals surface area contributed by atoms with Gasteiger partial charge >= 0.3 is 5.76 Å². The molecule has 6 aromatic rings. The van der Waals surface area contributed by atoms with E-state index in [0.29, 0.717) is 48.2 Å². The molecule has 0 atom stereocenters. The van der Waals surface area contributed by atoms with Gasteiger partial charge in [0.2, 0.25) is 5.89 Å². The highest BCUT2D eigenvalue weighted by atomic mass is 16.5. The molecule has 0 radical (unpaired) electrons. The first-order valence-electron chi connectivity index (χ1n) is 15.2. The van der Waals surface area contributed by atoms with Crippen LogP contribution in [0.3, 0.4) is 0 Å². The van der Waals surface area contributed by atoms with Gasteiger partial charge in [0, 0.05) is 35.2 Å². The van der Waals surface area contributed by atoms with Crippen LogP contribution in [0.5, 0.6) is 5.75 Å². The number of methoxy groups -OCH3 is 1. The molecule has 0 amide bonds. The lowest BCUT2D eigenvalue weighted by atomic mass is 9.98. The van der Waals surface area contributed by atoms with Crippen molar-refractivity contribution < 1.29 is 13.8 Å². The number of para-hydroxylation sites is 1. The van der Waals surface area contributed by atoms with Crippen LogP contribution in [0.15, 0.2) is 91.4 Å². The predicted molar refractivity (Wildman–Crippen MR) is 172 cm³/mol. The summed E-state index contributed by atoms with van der Waals surface area (Å²) in [5.74, 6) is 2.13. The molecular weight excluding hydrogens is 584 g/mol. The molecule has 3 aromatic heterocycles. The van der Waals surface area contributed by atoms with E-state index < -0.39 is 5.76 Å². The summed E-state index contributed by atoms with van der Waals surface area (Å²) < 4.78 is 17.5. The van der Waals surface area contributed by atoms with Crippen molar-refractivity contribution in [3.63, 3.8) is 0 Å². The van der Waals surface area contributed by atoms with Crippen LogP contribution in [-0.2, 0) is 25.8 Å². The van der Waals surface area contributed by atoms with E-state index in [1.165, 1.54) is 0 Å². The first kappa shape index (κ1) is 30.4. The standard InChI is InChI=1S/C35H34N6O5/c1-4-5-14-31-36-22(2)28(20-32-37-30(39-45-32)19-25-10-6-9-13-29(25)44-3)34(42)41(31)21-23-15-17-24(18-16-23)26-11-7-8-12-27(26)33-38-35(43)46-40-33/h6-13,15-18H,4-5,14,19-21H2,1-3H3,(H,38,40,43). The summed E-state index contributed by atoms with van der Waals surface area (Å²) in [4.78, 5) is 37.7. The first-order chi connectivity index (χ1) is 22.4. The van der Waals surface area contributed by atoms with Gasteiger partial charge in [-0.25, -0.2) is 9.78 Å². The zero-order valence-electron chi connectivity index (χ0n) is 25.9. The Labute approximate surface area is 264 Å². The Hall–Kier alpha value is -5.58. The zero-order valence-corrected chi connectivity index (χ0v) is 25.9. The van der Waals surface area contributed by atoms with Gasteiger partial charge in [-0.1, -0.05) is 90.4 Å². The summed E-state index contributed by atoms with van der Waals surface area (Å²) in [5.41, 5.74) is 5.54. The van der Waals surface area contributed by atoms with E-state index in [1.54, 1.807) is 11.7 Å². The van der Waals surface area contributed by atoms with Crippen LogP contribution in [0.25, 0.3) is 22.5 Å². The number of ether oxygens (including phenoxy) is 1. The highest BCUT2D eigenvalue weighted by Gasteiger charge is 2.19. The molecule has 0 spiro atoms. The number of nitrogens with one attached hydrogen (secondary N) is 1. The van der Waals surface area contributed by atoms with Gasteiger partial charge in [-0.2, -0.15) is 4.98 Å². The van der Waals surface area contributed by atoms with E-state index in [0.717, 1.165) is 52.2 Å². The molecule has 6 rings (SSSR count). The van der Waals surface area contributed by atoms with Crippen LogP contribution >= 0.6 is 0 Å². The fraction of sp³-hybridized carbons (Fsp3) is 0.257. The minimum absolute atomic E-state index is 0.118. The Morgan fingerprint density at radius 1 is 0.870 bits per heavy atom. The van der Waals surface area contributed by atoms with E-state index in [9.17, 15) is 9.59 Å². The number of aromatic amines is 1. The summed E-state index contributed by atoms with van der Waals surface area (Å²) in [6.45, 7) is 4.34. The summed E-state index contributed by atoms with van der Waals surface area (Å²) in [6.07, 6.45) is 3.23. The number of aryl methyl sites for hydroxylation is 2. The van der Waals surface area contributed by atoms with Gasteiger partial charge in [0.05, 0.1) is 20.1 Å². The third-order valence-electron chi connectivity index (χ3n) is 7.91. The van der Waals surface area contributed by atoms with Crippen LogP contribution < -0.4 is 16.1 Å². The lowest BCUT2D eigenvalue weighted by Gasteiger charge is -2.16. The molecule has 0 aliphatic rings. The van der Waals surface area contributed by atoms with Crippen molar-refractivity contribution in [2.75, 3.05) is 7.11 Å². The Bertz CT molecular complexity index is 2070. The molecule has 0 saturated heterocycles. The molecule has 234 valence electrons. The lowest BCUT2D eigenvalue weighted by Crippen LogP contribution is -2.30. The van der Waals surface area contributed by atoms with Crippen molar-refractivity contribution >= 4 is 0 Å². The number of aromatic nitrogens is 6. The largest absolute Gasteiger partial charge is 0.496 e. The van der Waals surface area contributed by atoms with Crippen molar-refractivity contribution in [2.24, 2.45) is 0 Å². The minimum Gasteiger partial charge on any atom is -0.496 e. The van der Waals surface area contributed by atoms with Crippen molar-refractivity contribution in [2.45, 2.75) is 52.5 Å². The van der Waals surface area contributed by atoms with Gasteiger partial charge in [-0.15, -0.1) is 0 Å². The van der Waals surface area contributed by atoms with Crippen LogP contribution in [0.1, 0.15) is 59.7 Å². The lowest BCUT2D eigenvalue weighted by molar-refractivity contribution is 0.378. The molecule has 0 unspecified atom stereocenters. The van der Waals surface area contributed by atoms with Crippen molar-refractivity contribution in [3.8, 4) is 28.3 Å². The second kappa shape index (κ2) is 13.6. The second-order valence-corrected chi connectivity index (χ2v) is 11.0.